The lowest BCUT2D eigenvalue weighted by molar-refractivity contribution is 0.101. The predicted octanol–water partition coefficient (Wildman–Crippen LogP) is 3.31. The van der Waals surface area contributed by atoms with Crippen LogP contribution in [0.25, 0.3) is 0 Å². The Morgan fingerprint density at radius 3 is 2.84 bits per heavy atom. The summed E-state index contributed by atoms with van der Waals surface area (Å²) in [7, 11) is 1.78. The van der Waals surface area contributed by atoms with Crippen molar-refractivity contribution in [1.29, 1.82) is 0 Å². The zero-order chi connectivity index (χ0) is 14.0. The van der Waals surface area contributed by atoms with Gasteiger partial charge in [-0.1, -0.05) is 28.9 Å². The number of hydrogen-bond donors (Lipinski definition) is 1. The summed E-state index contributed by atoms with van der Waals surface area (Å²) in [6, 6.07) is 7.55. The van der Waals surface area contributed by atoms with E-state index in [2.05, 4.69) is 26.3 Å². The highest BCUT2D eigenvalue weighted by Crippen LogP contribution is 2.23. The Hall–Kier alpha value is -1.62. The van der Waals surface area contributed by atoms with E-state index in [0.717, 1.165) is 27.8 Å². The number of carbonyl (C=O) groups is 1. The molecule has 2 rings (SSSR count). The molecule has 2 aromatic rings. The molecule has 0 bridgehead atoms. The lowest BCUT2D eigenvalue weighted by Crippen LogP contribution is -2.16. The summed E-state index contributed by atoms with van der Waals surface area (Å²) in [5, 5.41) is 7.19. The molecule has 100 valence electrons. The lowest BCUT2D eigenvalue weighted by Gasteiger charge is -2.09. The van der Waals surface area contributed by atoms with Gasteiger partial charge in [0.1, 0.15) is 5.69 Å². The molecule has 0 atom stereocenters. The van der Waals surface area contributed by atoms with Crippen LogP contribution in [0.5, 0.6) is 0 Å². The molecule has 1 amide bonds. The summed E-state index contributed by atoms with van der Waals surface area (Å²) in [6.45, 7) is 3.98. The highest BCUT2D eigenvalue weighted by molar-refractivity contribution is 9.10. The first kappa shape index (κ1) is 13.8. The third-order valence-corrected chi connectivity index (χ3v) is 3.90. The maximum Gasteiger partial charge on any atom is 0.273 e. The van der Waals surface area contributed by atoms with Crippen LogP contribution in [0.4, 0.5) is 5.69 Å². The van der Waals surface area contributed by atoms with Gasteiger partial charge in [0.15, 0.2) is 0 Å². The van der Waals surface area contributed by atoms with Gasteiger partial charge in [0.05, 0.1) is 5.69 Å². The van der Waals surface area contributed by atoms with E-state index < -0.39 is 0 Å². The molecule has 0 aliphatic rings. The zero-order valence-corrected chi connectivity index (χ0v) is 12.8. The number of rotatable bonds is 3. The van der Waals surface area contributed by atoms with Gasteiger partial charge in [0, 0.05) is 17.2 Å². The molecule has 1 aromatic carbocycles. The molecule has 1 aromatic heterocycles. The van der Waals surface area contributed by atoms with E-state index in [0.29, 0.717) is 5.69 Å². The normalized spacial score (nSPS) is 10.5. The number of aryl methyl sites for hydroxylation is 2. The summed E-state index contributed by atoms with van der Waals surface area (Å²) < 4.78 is 2.59. The second-order valence-corrected chi connectivity index (χ2v) is 5.22. The van der Waals surface area contributed by atoms with Crippen molar-refractivity contribution in [2.75, 3.05) is 5.32 Å². The Morgan fingerprint density at radius 1 is 1.47 bits per heavy atom. The minimum absolute atomic E-state index is 0.143. The molecule has 1 N–H and O–H groups in total. The minimum atomic E-state index is -0.143. The monoisotopic (exact) mass is 321 g/mol. The highest BCUT2D eigenvalue weighted by atomic mass is 79.9. The first-order chi connectivity index (χ1) is 9.02. The van der Waals surface area contributed by atoms with E-state index in [1.54, 1.807) is 11.7 Å². The van der Waals surface area contributed by atoms with Crippen LogP contribution in [0, 0.1) is 6.92 Å². The summed E-state index contributed by atoms with van der Waals surface area (Å²) in [5.41, 5.74) is 3.29. The third-order valence-electron chi connectivity index (χ3n) is 3.04. The van der Waals surface area contributed by atoms with Gasteiger partial charge < -0.3 is 5.32 Å². The highest BCUT2D eigenvalue weighted by Gasteiger charge is 2.14. The van der Waals surface area contributed by atoms with Crippen molar-refractivity contribution in [2.24, 2.45) is 7.05 Å². The molecule has 1 heterocycles. The number of carbonyl (C=O) groups excluding carboxylic acids is 1. The van der Waals surface area contributed by atoms with Crippen LogP contribution in [-0.2, 0) is 13.5 Å². The molecule has 0 aliphatic carbocycles. The summed E-state index contributed by atoms with van der Waals surface area (Å²) >= 11 is 3.45. The Kier molecular flexibility index (Phi) is 4.04. The van der Waals surface area contributed by atoms with E-state index in [-0.39, 0.29) is 5.91 Å². The Bertz CT molecular complexity index is 619. The molecule has 0 saturated carbocycles. The van der Waals surface area contributed by atoms with E-state index in [1.165, 1.54) is 0 Å². The maximum absolute atomic E-state index is 12.2. The van der Waals surface area contributed by atoms with Crippen molar-refractivity contribution in [3.05, 3.63) is 45.7 Å². The Labute approximate surface area is 120 Å². The smallest absolute Gasteiger partial charge is 0.273 e. The molecular weight excluding hydrogens is 306 g/mol. The van der Waals surface area contributed by atoms with Crippen molar-refractivity contribution in [2.45, 2.75) is 20.3 Å². The van der Waals surface area contributed by atoms with Crippen LogP contribution >= 0.6 is 15.9 Å². The van der Waals surface area contributed by atoms with Crippen LogP contribution in [0.15, 0.2) is 28.7 Å². The fraction of sp³-hybridized carbons (Fsp3) is 0.286. The molecule has 19 heavy (non-hydrogen) atoms. The maximum atomic E-state index is 12.2. The van der Waals surface area contributed by atoms with E-state index in [4.69, 9.17) is 0 Å². The predicted molar refractivity (Wildman–Crippen MR) is 79.4 cm³/mol. The average molecular weight is 322 g/mol. The van der Waals surface area contributed by atoms with Gasteiger partial charge in [0.25, 0.3) is 5.91 Å². The van der Waals surface area contributed by atoms with Gasteiger partial charge >= 0.3 is 0 Å². The topological polar surface area (TPSA) is 46.9 Å². The van der Waals surface area contributed by atoms with Crippen molar-refractivity contribution < 1.29 is 4.79 Å². The van der Waals surface area contributed by atoms with Gasteiger partial charge in [-0.15, -0.1) is 0 Å². The fourth-order valence-corrected chi connectivity index (χ4v) is 2.21. The number of amides is 1. The molecule has 0 spiro atoms. The number of aromatic nitrogens is 2. The van der Waals surface area contributed by atoms with E-state index >= 15 is 0 Å². The number of hydrogen-bond acceptors (Lipinski definition) is 2. The van der Waals surface area contributed by atoms with Crippen molar-refractivity contribution in [3.8, 4) is 0 Å². The van der Waals surface area contributed by atoms with Crippen molar-refractivity contribution in [3.63, 3.8) is 0 Å². The average Bonchev–Trinajstić information content (AvgIpc) is 2.76. The summed E-state index contributed by atoms with van der Waals surface area (Å²) in [5.74, 6) is -0.143. The molecule has 0 aliphatic heterocycles. The molecule has 0 unspecified atom stereocenters. The Balaban J connectivity index is 2.25. The zero-order valence-electron chi connectivity index (χ0n) is 11.2. The number of nitrogens with zero attached hydrogens (tertiary/aromatic N) is 2. The standard InChI is InChI=1S/C14H16BrN3O/c1-4-10-8-13(18(3)17-10)14(19)16-12-7-5-6-11(15)9(12)2/h5-8H,4H2,1-3H3,(H,16,19). The molecule has 4 nitrogen and oxygen atoms in total. The lowest BCUT2D eigenvalue weighted by atomic mass is 10.2. The second-order valence-electron chi connectivity index (χ2n) is 4.36. The molecular formula is C14H16BrN3O. The van der Waals surface area contributed by atoms with Crippen molar-refractivity contribution >= 4 is 27.5 Å². The molecule has 0 saturated heterocycles. The molecule has 0 fully saturated rings. The second kappa shape index (κ2) is 5.57. The number of benzene rings is 1. The fourth-order valence-electron chi connectivity index (χ4n) is 1.84. The van der Waals surface area contributed by atoms with E-state index in [9.17, 15) is 4.79 Å². The van der Waals surface area contributed by atoms with Crippen LogP contribution < -0.4 is 5.32 Å². The van der Waals surface area contributed by atoms with Crippen LogP contribution in [-0.4, -0.2) is 15.7 Å². The number of halogens is 1. The van der Waals surface area contributed by atoms with Gasteiger partial charge in [0.2, 0.25) is 0 Å². The summed E-state index contributed by atoms with van der Waals surface area (Å²) in [4.78, 5) is 12.2. The first-order valence-corrected chi connectivity index (χ1v) is 6.91. The third kappa shape index (κ3) is 2.87. The summed E-state index contributed by atoms with van der Waals surface area (Å²) in [6.07, 6.45) is 0.817. The van der Waals surface area contributed by atoms with Gasteiger partial charge in [-0.05, 0) is 37.1 Å². The first-order valence-electron chi connectivity index (χ1n) is 6.12. The minimum Gasteiger partial charge on any atom is -0.320 e. The SMILES string of the molecule is CCc1cc(C(=O)Nc2cccc(Br)c2C)n(C)n1. The van der Waals surface area contributed by atoms with E-state index in [1.807, 2.05) is 38.1 Å². The van der Waals surface area contributed by atoms with Gasteiger partial charge in [-0.25, -0.2) is 0 Å². The van der Waals surface area contributed by atoms with Crippen LogP contribution in [0.3, 0.4) is 0 Å². The van der Waals surface area contributed by atoms with Crippen LogP contribution in [0.1, 0.15) is 28.7 Å². The van der Waals surface area contributed by atoms with Crippen LogP contribution in [0.2, 0.25) is 0 Å². The largest absolute Gasteiger partial charge is 0.320 e. The Morgan fingerprint density at radius 2 is 2.21 bits per heavy atom. The van der Waals surface area contributed by atoms with Gasteiger partial charge in [-0.3, -0.25) is 9.48 Å². The molecule has 5 heteroatoms. The quantitative estimate of drug-likeness (QED) is 0.942. The number of nitrogens with one attached hydrogen (secondary N) is 1. The number of anilines is 1. The molecule has 0 radical (unpaired) electrons. The van der Waals surface area contributed by atoms with Crippen molar-refractivity contribution in [1.82, 2.24) is 9.78 Å². The van der Waals surface area contributed by atoms with Gasteiger partial charge in [-0.2, -0.15) is 5.10 Å².